The highest BCUT2D eigenvalue weighted by molar-refractivity contribution is 5.88. The van der Waals surface area contributed by atoms with Crippen LogP contribution in [-0.4, -0.2) is 18.5 Å². The van der Waals surface area contributed by atoms with Crippen molar-refractivity contribution < 1.29 is 4.79 Å². The predicted octanol–water partition coefficient (Wildman–Crippen LogP) is 4.00. The molecule has 2 N–H and O–H groups in total. The maximum atomic E-state index is 12.2. The zero-order valence-corrected chi connectivity index (χ0v) is 13.8. The molecule has 1 atom stereocenters. The summed E-state index contributed by atoms with van der Waals surface area (Å²) >= 11 is 0. The fourth-order valence-electron chi connectivity index (χ4n) is 2.72. The topological polar surface area (TPSA) is 41.1 Å². The van der Waals surface area contributed by atoms with Crippen molar-refractivity contribution in [1.82, 2.24) is 5.32 Å². The Morgan fingerprint density at radius 1 is 0.917 bits per heavy atom. The summed E-state index contributed by atoms with van der Waals surface area (Å²) in [7, 11) is 0. The van der Waals surface area contributed by atoms with Crippen LogP contribution in [0.2, 0.25) is 0 Å². The molecule has 0 spiro atoms. The van der Waals surface area contributed by atoms with E-state index in [9.17, 15) is 4.79 Å². The first kappa shape index (κ1) is 16.1. The zero-order valence-electron chi connectivity index (χ0n) is 13.8. The summed E-state index contributed by atoms with van der Waals surface area (Å²) in [6.07, 6.45) is 0.843. The Morgan fingerprint density at radius 3 is 2.42 bits per heavy atom. The molecule has 3 rings (SSSR count). The molecule has 0 aliphatic heterocycles. The molecule has 0 bridgehead atoms. The van der Waals surface area contributed by atoms with Crippen LogP contribution in [0, 0.1) is 0 Å². The maximum absolute atomic E-state index is 12.2. The van der Waals surface area contributed by atoms with E-state index in [4.69, 9.17) is 0 Å². The largest absolute Gasteiger partial charge is 0.374 e. The van der Waals surface area contributed by atoms with Crippen LogP contribution < -0.4 is 10.6 Å². The number of fused-ring (bicyclic) bond motifs is 1. The van der Waals surface area contributed by atoms with Gasteiger partial charge in [0.05, 0.1) is 0 Å². The molecule has 0 aromatic heterocycles. The third-order valence-electron chi connectivity index (χ3n) is 4.08. The van der Waals surface area contributed by atoms with Crippen molar-refractivity contribution in [3.63, 3.8) is 0 Å². The van der Waals surface area contributed by atoms with Gasteiger partial charge in [-0.15, -0.1) is 0 Å². The van der Waals surface area contributed by atoms with Crippen LogP contribution in [0.15, 0.2) is 72.8 Å². The number of anilines is 1. The average molecular weight is 318 g/mol. The van der Waals surface area contributed by atoms with Crippen molar-refractivity contribution in [3.05, 3.63) is 78.4 Å². The van der Waals surface area contributed by atoms with Gasteiger partial charge in [-0.25, -0.2) is 0 Å². The number of carbonyl (C=O) groups is 1. The molecule has 122 valence electrons. The lowest BCUT2D eigenvalue weighted by Crippen LogP contribution is -2.38. The van der Waals surface area contributed by atoms with Crippen LogP contribution in [0.3, 0.4) is 0 Å². The Hall–Kier alpha value is -2.81. The molecule has 0 saturated heterocycles. The Balaban J connectivity index is 1.53. The first-order chi connectivity index (χ1) is 11.7. The smallest absolute Gasteiger partial charge is 0.242 e. The van der Waals surface area contributed by atoms with Gasteiger partial charge in [0.15, 0.2) is 0 Å². The highest BCUT2D eigenvalue weighted by Gasteiger charge is 2.12. The van der Waals surface area contributed by atoms with E-state index in [-0.39, 0.29) is 11.9 Å². The van der Waals surface area contributed by atoms with Crippen LogP contribution >= 0.6 is 0 Å². The van der Waals surface area contributed by atoms with Gasteiger partial charge in [-0.3, -0.25) is 4.79 Å². The van der Waals surface area contributed by atoms with E-state index in [2.05, 4.69) is 47.0 Å². The van der Waals surface area contributed by atoms with Crippen molar-refractivity contribution in [1.29, 1.82) is 0 Å². The van der Waals surface area contributed by atoms with Gasteiger partial charge in [0.25, 0.3) is 0 Å². The van der Waals surface area contributed by atoms with Crippen LogP contribution in [0.4, 0.5) is 5.69 Å². The van der Waals surface area contributed by atoms with Gasteiger partial charge in [-0.05, 0) is 41.8 Å². The van der Waals surface area contributed by atoms with E-state index in [1.165, 1.54) is 16.3 Å². The summed E-state index contributed by atoms with van der Waals surface area (Å²) < 4.78 is 0. The molecule has 0 unspecified atom stereocenters. The molecule has 3 aromatic rings. The molecular weight excluding hydrogens is 296 g/mol. The standard InChI is InChI=1S/C21H22N2O/c1-16(21(24)22-14-13-17-7-3-2-4-8-17)23-20-12-11-18-9-5-6-10-19(18)15-20/h2-12,15-16,23H,13-14H2,1H3,(H,22,24)/t16-/m0/s1. The first-order valence-corrected chi connectivity index (χ1v) is 8.29. The van der Waals surface area contributed by atoms with Gasteiger partial charge < -0.3 is 10.6 Å². The quantitative estimate of drug-likeness (QED) is 0.721. The number of benzene rings is 3. The van der Waals surface area contributed by atoms with E-state index in [1.807, 2.05) is 43.3 Å². The van der Waals surface area contributed by atoms with E-state index in [0.717, 1.165) is 12.1 Å². The summed E-state index contributed by atoms with van der Waals surface area (Å²) in [4.78, 5) is 12.2. The van der Waals surface area contributed by atoms with Gasteiger partial charge in [0.1, 0.15) is 6.04 Å². The minimum atomic E-state index is -0.276. The number of hydrogen-bond acceptors (Lipinski definition) is 2. The minimum absolute atomic E-state index is 0.0130. The molecule has 0 fully saturated rings. The Labute approximate surface area is 142 Å². The normalized spacial score (nSPS) is 11.9. The average Bonchev–Trinajstić information content (AvgIpc) is 2.62. The Kier molecular flexibility index (Phi) is 5.12. The van der Waals surface area contributed by atoms with Crippen molar-refractivity contribution in [3.8, 4) is 0 Å². The lowest BCUT2D eigenvalue weighted by atomic mass is 10.1. The molecule has 0 aliphatic carbocycles. The van der Waals surface area contributed by atoms with E-state index >= 15 is 0 Å². The second-order valence-electron chi connectivity index (χ2n) is 5.95. The second kappa shape index (κ2) is 7.64. The van der Waals surface area contributed by atoms with E-state index in [0.29, 0.717) is 6.54 Å². The van der Waals surface area contributed by atoms with Crippen LogP contribution in [0.1, 0.15) is 12.5 Å². The lowest BCUT2D eigenvalue weighted by molar-refractivity contribution is -0.121. The number of amides is 1. The molecular formula is C21H22N2O. The van der Waals surface area contributed by atoms with Gasteiger partial charge in [-0.1, -0.05) is 60.7 Å². The molecule has 1 amide bonds. The Bertz CT molecular complexity index is 814. The fraction of sp³-hybridized carbons (Fsp3) is 0.190. The molecule has 3 nitrogen and oxygen atoms in total. The van der Waals surface area contributed by atoms with Crippen molar-refractivity contribution in [2.24, 2.45) is 0 Å². The highest BCUT2D eigenvalue weighted by Crippen LogP contribution is 2.19. The number of hydrogen-bond donors (Lipinski definition) is 2. The van der Waals surface area contributed by atoms with Crippen LogP contribution in [0.5, 0.6) is 0 Å². The third-order valence-corrected chi connectivity index (χ3v) is 4.08. The second-order valence-corrected chi connectivity index (χ2v) is 5.95. The van der Waals surface area contributed by atoms with Gasteiger partial charge >= 0.3 is 0 Å². The molecule has 0 heterocycles. The monoisotopic (exact) mass is 318 g/mol. The summed E-state index contributed by atoms with van der Waals surface area (Å²) in [6.45, 7) is 2.53. The number of carbonyl (C=O) groups excluding carboxylic acids is 1. The van der Waals surface area contributed by atoms with Gasteiger partial charge in [-0.2, -0.15) is 0 Å². The first-order valence-electron chi connectivity index (χ1n) is 8.29. The van der Waals surface area contributed by atoms with Gasteiger partial charge in [0, 0.05) is 12.2 Å². The maximum Gasteiger partial charge on any atom is 0.242 e. The molecule has 24 heavy (non-hydrogen) atoms. The highest BCUT2D eigenvalue weighted by atomic mass is 16.2. The molecule has 0 saturated carbocycles. The SMILES string of the molecule is C[C@H](Nc1ccc2ccccc2c1)C(=O)NCCc1ccccc1. The third kappa shape index (κ3) is 4.13. The summed E-state index contributed by atoms with van der Waals surface area (Å²) in [5, 5.41) is 8.62. The summed E-state index contributed by atoms with van der Waals surface area (Å²) in [6, 6.07) is 24.2. The predicted molar refractivity (Wildman–Crippen MR) is 100 cm³/mol. The fourth-order valence-corrected chi connectivity index (χ4v) is 2.72. The minimum Gasteiger partial charge on any atom is -0.374 e. The van der Waals surface area contributed by atoms with Crippen molar-refractivity contribution >= 4 is 22.4 Å². The Morgan fingerprint density at radius 2 is 1.62 bits per heavy atom. The zero-order chi connectivity index (χ0) is 16.8. The summed E-state index contributed by atoms with van der Waals surface area (Å²) in [5.41, 5.74) is 2.19. The van der Waals surface area contributed by atoms with Crippen molar-refractivity contribution in [2.45, 2.75) is 19.4 Å². The van der Waals surface area contributed by atoms with Crippen LogP contribution in [0.25, 0.3) is 10.8 Å². The summed E-state index contributed by atoms with van der Waals surface area (Å²) in [5.74, 6) is 0.0130. The van der Waals surface area contributed by atoms with E-state index < -0.39 is 0 Å². The number of nitrogens with one attached hydrogen (secondary N) is 2. The van der Waals surface area contributed by atoms with Crippen LogP contribution in [-0.2, 0) is 11.2 Å². The molecule has 3 heteroatoms. The lowest BCUT2D eigenvalue weighted by Gasteiger charge is -2.16. The van der Waals surface area contributed by atoms with E-state index in [1.54, 1.807) is 0 Å². The molecule has 0 radical (unpaired) electrons. The van der Waals surface area contributed by atoms with Crippen molar-refractivity contribution in [2.75, 3.05) is 11.9 Å². The van der Waals surface area contributed by atoms with Gasteiger partial charge in [0.2, 0.25) is 5.91 Å². The molecule has 0 aliphatic rings. The molecule has 3 aromatic carbocycles. The number of rotatable bonds is 6.